The van der Waals surface area contributed by atoms with Crippen LogP contribution in [0.5, 0.6) is 5.75 Å². The fourth-order valence-corrected chi connectivity index (χ4v) is 2.16. The maximum Gasteiger partial charge on any atom is 0.347 e. The fraction of sp³-hybridized carbons (Fsp3) is 0.0625. The number of nitro groups is 1. The summed E-state index contributed by atoms with van der Waals surface area (Å²) in [6.07, 6.45) is 0. The Morgan fingerprint density at radius 3 is 2.75 bits per heavy atom. The molecule has 0 radical (unpaired) electrons. The number of hydrogen-bond acceptors (Lipinski definition) is 7. The number of nitrogens with zero attached hydrogens (tertiary/aromatic N) is 2. The maximum absolute atomic E-state index is 12.1. The van der Waals surface area contributed by atoms with E-state index in [1.807, 2.05) is 0 Å². The number of carbonyl (C=O) groups is 1. The van der Waals surface area contributed by atoms with Crippen molar-refractivity contribution in [3.05, 3.63) is 63.0 Å². The molecule has 0 saturated heterocycles. The van der Waals surface area contributed by atoms with Crippen molar-refractivity contribution in [3.63, 3.8) is 0 Å². The lowest BCUT2D eigenvalue weighted by Crippen LogP contribution is -2.05. The van der Waals surface area contributed by atoms with Crippen LogP contribution in [0.25, 0.3) is 22.4 Å². The van der Waals surface area contributed by atoms with Crippen LogP contribution in [0.15, 0.2) is 51.7 Å². The van der Waals surface area contributed by atoms with Crippen LogP contribution >= 0.6 is 0 Å². The van der Waals surface area contributed by atoms with Gasteiger partial charge in [-0.3, -0.25) is 14.9 Å². The van der Waals surface area contributed by atoms with Gasteiger partial charge in [0.2, 0.25) is 5.89 Å². The Kier molecular flexibility index (Phi) is 3.78. The molecular weight excluding hydrogens is 316 g/mol. The minimum absolute atomic E-state index is 0.0591. The third kappa shape index (κ3) is 2.98. The van der Waals surface area contributed by atoms with Gasteiger partial charge in [0.1, 0.15) is 5.75 Å². The summed E-state index contributed by atoms with van der Waals surface area (Å²) in [7, 11) is 0. The highest BCUT2D eigenvalue weighted by molar-refractivity contribution is 5.81. The van der Waals surface area contributed by atoms with Gasteiger partial charge in [-0.25, -0.2) is 9.78 Å². The molecule has 0 amide bonds. The lowest BCUT2D eigenvalue weighted by molar-refractivity contribution is -0.384. The summed E-state index contributed by atoms with van der Waals surface area (Å²) < 4.78 is 10.1. The van der Waals surface area contributed by atoms with Crippen molar-refractivity contribution < 1.29 is 18.9 Å². The van der Waals surface area contributed by atoms with Crippen LogP contribution in [0.1, 0.15) is 6.92 Å². The summed E-state index contributed by atoms with van der Waals surface area (Å²) in [5, 5.41) is 11.1. The molecule has 0 bridgehead atoms. The number of aromatic nitrogens is 1. The van der Waals surface area contributed by atoms with Crippen molar-refractivity contribution >= 4 is 22.6 Å². The Morgan fingerprint density at radius 1 is 1.25 bits per heavy atom. The lowest BCUT2D eigenvalue weighted by Gasteiger charge is -2.04. The van der Waals surface area contributed by atoms with Crippen molar-refractivity contribution in [2.75, 3.05) is 0 Å². The molecule has 1 heterocycles. The minimum atomic E-state index is -0.643. The molecule has 3 rings (SSSR count). The molecule has 0 fully saturated rings. The van der Waals surface area contributed by atoms with Crippen molar-refractivity contribution in [2.24, 2.45) is 0 Å². The number of ether oxygens (including phenoxy) is 1. The average Bonchev–Trinajstić information content (AvgIpc) is 2.54. The van der Waals surface area contributed by atoms with Crippen LogP contribution in [0.3, 0.4) is 0 Å². The van der Waals surface area contributed by atoms with Gasteiger partial charge in [-0.05, 0) is 18.2 Å². The molecule has 0 aliphatic carbocycles. The first-order valence-electron chi connectivity index (χ1n) is 6.82. The van der Waals surface area contributed by atoms with Gasteiger partial charge in [0.15, 0.2) is 0 Å². The zero-order chi connectivity index (χ0) is 17.3. The van der Waals surface area contributed by atoms with Gasteiger partial charge >= 0.3 is 11.6 Å². The Hall–Kier alpha value is -3.55. The van der Waals surface area contributed by atoms with Gasteiger partial charge in [-0.2, -0.15) is 0 Å². The molecule has 2 aromatic carbocycles. The number of hydrogen-bond donors (Lipinski definition) is 0. The van der Waals surface area contributed by atoms with E-state index in [1.54, 1.807) is 6.07 Å². The summed E-state index contributed by atoms with van der Waals surface area (Å²) in [4.78, 5) is 37.6. The van der Waals surface area contributed by atoms with E-state index in [2.05, 4.69) is 4.98 Å². The number of benzene rings is 2. The fourth-order valence-electron chi connectivity index (χ4n) is 2.16. The van der Waals surface area contributed by atoms with Crippen LogP contribution in [0.2, 0.25) is 0 Å². The molecule has 0 saturated carbocycles. The van der Waals surface area contributed by atoms with Gasteiger partial charge in [-0.1, -0.05) is 6.07 Å². The standard InChI is InChI=1S/C16H10N2O6/c1-9(19)23-12-5-6-13-14(8-12)17-15(24-16(13)20)10-3-2-4-11(7-10)18(21)22/h2-8H,1H3. The Labute approximate surface area is 134 Å². The molecule has 0 aliphatic heterocycles. The second-order valence-electron chi connectivity index (χ2n) is 4.89. The van der Waals surface area contributed by atoms with Crippen LogP contribution in [-0.4, -0.2) is 15.9 Å². The van der Waals surface area contributed by atoms with E-state index in [0.29, 0.717) is 5.56 Å². The highest BCUT2D eigenvalue weighted by Gasteiger charge is 2.13. The summed E-state index contributed by atoms with van der Waals surface area (Å²) >= 11 is 0. The van der Waals surface area contributed by atoms with Gasteiger partial charge in [0.05, 0.1) is 15.8 Å². The normalized spacial score (nSPS) is 10.5. The van der Waals surface area contributed by atoms with Crippen LogP contribution < -0.4 is 10.4 Å². The highest BCUT2D eigenvalue weighted by atomic mass is 16.6. The van der Waals surface area contributed by atoms with Gasteiger partial charge in [0, 0.05) is 30.7 Å². The number of esters is 1. The number of carbonyl (C=O) groups excluding carboxylic acids is 1. The quantitative estimate of drug-likeness (QED) is 0.315. The Bertz CT molecular complexity index is 1020. The second kappa shape index (κ2) is 5.92. The number of rotatable bonds is 3. The molecule has 24 heavy (non-hydrogen) atoms. The predicted molar refractivity (Wildman–Crippen MR) is 83.7 cm³/mol. The van der Waals surface area contributed by atoms with Crippen molar-refractivity contribution in [1.29, 1.82) is 0 Å². The molecule has 0 N–H and O–H groups in total. The molecule has 3 aromatic rings. The summed E-state index contributed by atoms with van der Waals surface area (Å²) in [5.41, 5.74) is -0.241. The van der Waals surface area contributed by atoms with Crippen LogP contribution in [-0.2, 0) is 4.79 Å². The average molecular weight is 326 g/mol. The van der Waals surface area contributed by atoms with E-state index in [0.717, 1.165) is 0 Å². The molecule has 1 aromatic heterocycles. The van der Waals surface area contributed by atoms with Gasteiger partial charge < -0.3 is 9.15 Å². The number of non-ortho nitro benzene ring substituents is 1. The van der Waals surface area contributed by atoms with E-state index >= 15 is 0 Å². The topological polar surface area (TPSA) is 113 Å². The molecule has 0 atom stereocenters. The third-order valence-electron chi connectivity index (χ3n) is 3.17. The molecule has 8 nitrogen and oxygen atoms in total. The second-order valence-corrected chi connectivity index (χ2v) is 4.89. The summed E-state index contributed by atoms with van der Waals surface area (Å²) in [6, 6.07) is 9.90. The Balaban J connectivity index is 2.15. The lowest BCUT2D eigenvalue weighted by atomic mass is 10.2. The van der Waals surface area contributed by atoms with Crippen molar-refractivity contribution in [1.82, 2.24) is 4.98 Å². The van der Waals surface area contributed by atoms with Crippen molar-refractivity contribution in [2.45, 2.75) is 6.92 Å². The molecular formula is C16H10N2O6. The van der Waals surface area contributed by atoms with E-state index in [4.69, 9.17) is 9.15 Å². The molecule has 120 valence electrons. The molecule has 0 aliphatic rings. The van der Waals surface area contributed by atoms with E-state index in [1.165, 1.54) is 43.3 Å². The molecule has 0 spiro atoms. The third-order valence-corrected chi connectivity index (χ3v) is 3.17. The predicted octanol–water partition coefficient (Wildman–Crippen LogP) is 2.69. The smallest absolute Gasteiger partial charge is 0.347 e. The largest absolute Gasteiger partial charge is 0.427 e. The van der Waals surface area contributed by atoms with Crippen LogP contribution in [0.4, 0.5) is 5.69 Å². The molecule has 0 unspecified atom stereocenters. The Morgan fingerprint density at radius 2 is 2.04 bits per heavy atom. The van der Waals surface area contributed by atoms with E-state index in [-0.39, 0.29) is 28.2 Å². The number of fused-ring (bicyclic) bond motifs is 1. The summed E-state index contributed by atoms with van der Waals surface area (Å²) in [6.45, 7) is 1.26. The minimum Gasteiger partial charge on any atom is -0.427 e. The molecule has 8 heteroatoms. The first kappa shape index (κ1) is 15.3. The monoisotopic (exact) mass is 326 g/mol. The van der Waals surface area contributed by atoms with Gasteiger partial charge in [-0.15, -0.1) is 0 Å². The first-order chi connectivity index (χ1) is 11.4. The highest BCUT2D eigenvalue weighted by Crippen LogP contribution is 2.24. The zero-order valence-corrected chi connectivity index (χ0v) is 12.4. The van der Waals surface area contributed by atoms with Gasteiger partial charge in [0.25, 0.3) is 5.69 Å². The van der Waals surface area contributed by atoms with E-state index in [9.17, 15) is 19.7 Å². The van der Waals surface area contributed by atoms with Crippen molar-refractivity contribution in [3.8, 4) is 17.2 Å². The van der Waals surface area contributed by atoms with E-state index < -0.39 is 16.5 Å². The first-order valence-corrected chi connectivity index (χ1v) is 6.82. The maximum atomic E-state index is 12.1. The van der Waals surface area contributed by atoms with Crippen LogP contribution in [0, 0.1) is 10.1 Å². The SMILES string of the molecule is CC(=O)Oc1ccc2c(=O)oc(-c3cccc([N+](=O)[O-])c3)nc2c1. The number of nitro benzene ring substituents is 1. The summed E-state index contributed by atoms with van der Waals surface area (Å²) in [5.74, 6) is -0.328. The zero-order valence-electron chi connectivity index (χ0n) is 12.4.